The standard InChI is InChI=1S/C40H47N5O4/c1-44(31-46)27-25-42-28-38(47)43-39(48)30-45(26-23-37(34-18-10-4-11-19-34)35-20-12-5-13-21-35)40(49)29-41-24-22-36(32-14-6-2-7-15-32)33-16-8-3-9-17-33/h2-21,31,36-37,41-42H,22-30H2,1H3,(H,43,47,48). The predicted molar refractivity (Wildman–Crippen MR) is 193 cm³/mol. The molecule has 9 nitrogen and oxygen atoms in total. The van der Waals surface area contributed by atoms with Gasteiger partial charge >= 0.3 is 0 Å². The van der Waals surface area contributed by atoms with Gasteiger partial charge in [-0.1, -0.05) is 121 Å². The van der Waals surface area contributed by atoms with E-state index in [1.165, 1.54) is 20.9 Å². The molecule has 9 heteroatoms. The number of rotatable bonds is 20. The van der Waals surface area contributed by atoms with E-state index in [4.69, 9.17) is 0 Å². The molecular weight excluding hydrogens is 614 g/mol. The summed E-state index contributed by atoms with van der Waals surface area (Å²) in [6.45, 7) is 1.49. The fourth-order valence-corrected chi connectivity index (χ4v) is 5.85. The predicted octanol–water partition coefficient (Wildman–Crippen LogP) is 4.17. The van der Waals surface area contributed by atoms with Crippen molar-refractivity contribution in [1.82, 2.24) is 25.8 Å². The van der Waals surface area contributed by atoms with Gasteiger partial charge in [0.2, 0.25) is 24.1 Å². The van der Waals surface area contributed by atoms with Crippen LogP contribution in [0.15, 0.2) is 121 Å². The second-order valence-electron chi connectivity index (χ2n) is 12.1. The van der Waals surface area contributed by atoms with Crippen LogP contribution in [-0.2, 0) is 19.2 Å². The number of carbonyl (C=O) groups is 4. The number of imide groups is 1. The summed E-state index contributed by atoms with van der Waals surface area (Å²) < 4.78 is 0. The average Bonchev–Trinajstić information content (AvgIpc) is 3.14. The topological polar surface area (TPSA) is 111 Å². The summed E-state index contributed by atoms with van der Waals surface area (Å²) in [4.78, 5) is 53.0. The van der Waals surface area contributed by atoms with Gasteiger partial charge in [-0.2, -0.15) is 0 Å². The van der Waals surface area contributed by atoms with Gasteiger partial charge in [0.15, 0.2) is 0 Å². The third kappa shape index (κ3) is 12.4. The average molecular weight is 662 g/mol. The second-order valence-corrected chi connectivity index (χ2v) is 12.1. The van der Waals surface area contributed by atoms with Crippen molar-refractivity contribution >= 4 is 24.1 Å². The second kappa shape index (κ2) is 20.3. The first-order chi connectivity index (χ1) is 23.9. The van der Waals surface area contributed by atoms with Gasteiger partial charge in [0.05, 0.1) is 19.6 Å². The normalized spacial score (nSPS) is 10.9. The van der Waals surface area contributed by atoms with Gasteiger partial charge < -0.3 is 20.4 Å². The number of hydrogen-bond donors (Lipinski definition) is 3. The van der Waals surface area contributed by atoms with Crippen LogP contribution < -0.4 is 16.0 Å². The van der Waals surface area contributed by atoms with E-state index in [1.807, 2.05) is 72.8 Å². The lowest BCUT2D eigenvalue weighted by Gasteiger charge is -2.26. The lowest BCUT2D eigenvalue weighted by Crippen LogP contribution is -2.47. The highest BCUT2D eigenvalue weighted by Gasteiger charge is 2.22. The van der Waals surface area contributed by atoms with E-state index < -0.39 is 11.8 Å². The molecule has 49 heavy (non-hydrogen) atoms. The Bertz CT molecular complexity index is 1490. The van der Waals surface area contributed by atoms with Crippen molar-refractivity contribution in [3.8, 4) is 0 Å². The Kier molecular flexibility index (Phi) is 15.2. The molecule has 0 aliphatic rings. The number of nitrogens with one attached hydrogen (secondary N) is 3. The summed E-state index contributed by atoms with van der Waals surface area (Å²) in [6, 6.07) is 40.9. The lowest BCUT2D eigenvalue weighted by molar-refractivity contribution is -0.137. The van der Waals surface area contributed by atoms with Crippen LogP contribution in [0.25, 0.3) is 0 Å². The summed E-state index contributed by atoms with van der Waals surface area (Å²) >= 11 is 0. The van der Waals surface area contributed by atoms with Crippen molar-refractivity contribution in [1.29, 1.82) is 0 Å². The molecule has 0 heterocycles. The Morgan fingerprint density at radius 3 is 1.51 bits per heavy atom. The minimum Gasteiger partial charge on any atom is -0.347 e. The smallest absolute Gasteiger partial charge is 0.246 e. The fourth-order valence-electron chi connectivity index (χ4n) is 5.85. The Labute approximate surface area is 289 Å². The molecule has 0 saturated carbocycles. The van der Waals surface area contributed by atoms with E-state index in [0.29, 0.717) is 39.0 Å². The van der Waals surface area contributed by atoms with Gasteiger partial charge in [0.25, 0.3) is 0 Å². The van der Waals surface area contributed by atoms with Crippen LogP contribution in [0.1, 0.15) is 46.9 Å². The molecule has 4 rings (SSSR count). The molecule has 0 radical (unpaired) electrons. The molecule has 0 spiro atoms. The van der Waals surface area contributed by atoms with Gasteiger partial charge in [-0.25, -0.2) is 0 Å². The summed E-state index contributed by atoms with van der Waals surface area (Å²) in [6.07, 6.45) is 2.09. The van der Waals surface area contributed by atoms with E-state index in [9.17, 15) is 19.2 Å². The molecule has 256 valence electrons. The van der Waals surface area contributed by atoms with E-state index in [2.05, 4.69) is 64.5 Å². The Morgan fingerprint density at radius 1 is 0.592 bits per heavy atom. The van der Waals surface area contributed by atoms with Crippen molar-refractivity contribution in [2.24, 2.45) is 0 Å². The molecular formula is C40H47N5O4. The maximum atomic E-state index is 13.7. The Balaban J connectivity index is 1.40. The number of amides is 4. The quantitative estimate of drug-likeness (QED) is 0.0970. The van der Waals surface area contributed by atoms with Crippen LogP contribution >= 0.6 is 0 Å². The van der Waals surface area contributed by atoms with E-state index >= 15 is 0 Å². The minimum atomic E-state index is -0.547. The van der Waals surface area contributed by atoms with Gasteiger partial charge in [-0.15, -0.1) is 0 Å². The molecule has 0 bridgehead atoms. The van der Waals surface area contributed by atoms with Crippen molar-refractivity contribution < 1.29 is 19.2 Å². The van der Waals surface area contributed by atoms with Crippen LogP contribution in [0, 0.1) is 0 Å². The first-order valence-corrected chi connectivity index (χ1v) is 16.8. The molecule has 0 fully saturated rings. The largest absolute Gasteiger partial charge is 0.347 e. The molecule has 0 unspecified atom stereocenters. The van der Waals surface area contributed by atoms with E-state index in [-0.39, 0.29) is 37.4 Å². The van der Waals surface area contributed by atoms with E-state index in [0.717, 1.165) is 17.5 Å². The van der Waals surface area contributed by atoms with Crippen LogP contribution in [0.3, 0.4) is 0 Å². The van der Waals surface area contributed by atoms with Crippen LogP contribution in [-0.4, -0.2) is 86.8 Å². The lowest BCUT2D eigenvalue weighted by atomic mass is 9.88. The third-order valence-electron chi connectivity index (χ3n) is 8.45. The number of nitrogens with zero attached hydrogens (tertiary/aromatic N) is 2. The summed E-state index contributed by atoms with van der Waals surface area (Å²) in [5.41, 5.74) is 4.67. The number of benzene rings is 4. The molecule has 4 aromatic rings. The highest BCUT2D eigenvalue weighted by Crippen LogP contribution is 2.29. The van der Waals surface area contributed by atoms with Gasteiger partial charge in [-0.05, 0) is 41.6 Å². The monoisotopic (exact) mass is 661 g/mol. The zero-order valence-electron chi connectivity index (χ0n) is 28.2. The number of carbonyl (C=O) groups excluding carboxylic acids is 4. The van der Waals surface area contributed by atoms with Crippen LogP contribution in [0.2, 0.25) is 0 Å². The molecule has 4 aromatic carbocycles. The molecule has 0 saturated heterocycles. The highest BCUT2D eigenvalue weighted by molar-refractivity contribution is 5.98. The van der Waals surface area contributed by atoms with Crippen molar-refractivity contribution in [2.45, 2.75) is 24.7 Å². The van der Waals surface area contributed by atoms with Crippen LogP contribution in [0.4, 0.5) is 0 Å². The summed E-state index contributed by atoms with van der Waals surface area (Å²) in [5, 5.41) is 8.64. The number of hydrogen-bond acceptors (Lipinski definition) is 6. The summed E-state index contributed by atoms with van der Waals surface area (Å²) in [5.74, 6) is -1.07. The van der Waals surface area contributed by atoms with Gasteiger partial charge in [0, 0.05) is 38.5 Å². The van der Waals surface area contributed by atoms with Gasteiger partial charge in [-0.3, -0.25) is 24.5 Å². The maximum Gasteiger partial charge on any atom is 0.246 e. The zero-order valence-corrected chi connectivity index (χ0v) is 28.2. The first-order valence-electron chi connectivity index (χ1n) is 16.8. The Hall–Kier alpha value is -5.12. The number of likely N-dealkylation sites (N-methyl/N-ethyl adjacent to an activating group) is 1. The molecule has 0 aliphatic carbocycles. The SMILES string of the molecule is CN(C=O)CCNCC(=O)NC(=O)CN(CCC(c1ccccc1)c1ccccc1)C(=O)CNCCC(c1ccccc1)c1ccccc1. The first kappa shape index (κ1) is 36.7. The third-order valence-corrected chi connectivity index (χ3v) is 8.45. The molecule has 4 amide bonds. The molecule has 0 aromatic heterocycles. The Morgan fingerprint density at radius 2 is 1.04 bits per heavy atom. The van der Waals surface area contributed by atoms with Crippen LogP contribution in [0.5, 0.6) is 0 Å². The maximum absolute atomic E-state index is 13.7. The fraction of sp³-hybridized carbons (Fsp3) is 0.300. The van der Waals surface area contributed by atoms with Crippen molar-refractivity contribution in [2.75, 3.05) is 52.9 Å². The van der Waals surface area contributed by atoms with E-state index in [1.54, 1.807) is 7.05 Å². The molecule has 3 N–H and O–H groups in total. The molecule has 0 atom stereocenters. The zero-order chi connectivity index (χ0) is 34.7. The molecule has 0 aliphatic heterocycles. The van der Waals surface area contributed by atoms with Crippen molar-refractivity contribution in [3.05, 3.63) is 144 Å². The minimum absolute atomic E-state index is 0.0153. The summed E-state index contributed by atoms with van der Waals surface area (Å²) in [7, 11) is 1.64. The highest BCUT2D eigenvalue weighted by atomic mass is 16.2. The van der Waals surface area contributed by atoms with Gasteiger partial charge in [0.1, 0.15) is 0 Å². The van der Waals surface area contributed by atoms with Crippen molar-refractivity contribution in [3.63, 3.8) is 0 Å².